The molecule has 3 nitrogen and oxygen atoms in total. The molecule has 0 atom stereocenters. The number of para-hydroxylation sites is 1. The van der Waals surface area contributed by atoms with Crippen LogP contribution in [0.3, 0.4) is 0 Å². The van der Waals surface area contributed by atoms with Crippen LogP contribution in [0.1, 0.15) is 18.1 Å². The highest BCUT2D eigenvalue weighted by Crippen LogP contribution is 2.32. The first-order valence-corrected chi connectivity index (χ1v) is 8.42. The Bertz CT molecular complexity index is 813. The molecule has 1 aliphatic heterocycles. The summed E-state index contributed by atoms with van der Waals surface area (Å²) in [5.41, 5.74) is 2.49. The standard InChI is InChI=1S/C13H12O.C9H10O2/c1-11-6-5-9-13(10-11)14-12-7-3-2-4-8-12;1-2-7-3-4-8-9(5-7)11-6-10-8/h2-10H,1H3;3-5H,2,6H2,1H3. The van der Waals surface area contributed by atoms with E-state index < -0.39 is 0 Å². The Morgan fingerprint density at radius 3 is 2.32 bits per heavy atom. The molecule has 3 aromatic rings. The summed E-state index contributed by atoms with van der Waals surface area (Å²) >= 11 is 0. The Kier molecular flexibility index (Phi) is 5.57. The zero-order valence-corrected chi connectivity index (χ0v) is 14.6. The van der Waals surface area contributed by atoms with Gasteiger partial charge < -0.3 is 14.2 Å². The second-order valence-electron chi connectivity index (χ2n) is 5.77. The van der Waals surface area contributed by atoms with Crippen molar-refractivity contribution in [1.29, 1.82) is 0 Å². The predicted octanol–water partition coefficient (Wildman–Crippen LogP) is 5.77. The Hall–Kier alpha value is -2.94. The fourth-order valence-electron chi connectivity index (χ4n) is 2.46. The predicted molar refractivity (Wildman–Crippen MR) is 99.6 cm³/mol. The summed E-state index contributed by atoms with van der Waals surface area (Å²) in [7, 11) is 0. The van der Waals surface area contributed by atoms with Gasteiger partial charge in [0.25, 0.3) is 0 Å². The van der Waals surface area contributed by atoms with Gasteiger partial charge in [-0.2, -0.15) is 0 Å². The third kappa shape index (κ3) is 4.77. The van der Waals surface area contributed by atoms with E-state index in [-0.39, 0.29) is 0 Å². The maximum Gasteiger partial charge on any atom is 0.231 e. The van der Waals surface area contributed by atoms with Gasteiger partial charge in [-0.05, 0) is 60.9 Å². The summed E-state index contributed by atoms with van der Waals surface area (Å²) in [6.07, 6.45) is 1.04. The summed E-state index contributed by atoms with van der Waals surface area (Å²) in [5.74, 6) is 3.50. The molecule has 4 rings (SSSR count). The van der Waals surface area contributed by atoms with Crippen molar-refractivity contribution < 1.29 is 14.2 Å². The lowest BCUT2D eigenvalue weighted by Gasteiger charge is -2.05. The first-order chi connectivity index (χ1) is 12.2. The molecule has 0 radical (unpaired) electrons. The van der Waals surface area contributed by atoms with Crippen LogP contribution >= 0.6 is 0 Å². The van der Waals surface area contributed by atoms with Crippen molar-refractivity contribution in [3.63, 3.8) is 0 Å². The lowest BCUT2D eigenvalue weighted by molar-refractivity contribution is 0.174. The molecular weight excluding hydrogens is 312 g/mol. The van der Waals surface area contributed by atoms with Gasteiger partial charge in [0.05, 0.1) is 0 Å². The van der Waals surface area contributed by atoms with Crippen molar-refractivity contribution in [2.75, 3.05) is 6.79 Å². The molecule has 0 unspecified atom stereocenters. The number of rotatable bonds is 3. The maximum absolute atomic E-state index is 5.66. The fraction of sp³-hybridized carbons (Fsp3) is 0.182. The average Bonchev–Trinajstić information content (AvgIpc) is 3.11. The molecule has 0 N–H and O–H groups in total. The molecular formula is C22H22O3. The minimum atomic E-state index is 0.364. The van der Waals surface area contributed by atoms with Gasteiger partial charge in [0.1, 0.15) is 11.5 Å². The van der Waals surface area contributed by atoms with E-state index in [9.17, 15) is 0 Å². The van der Waals surface area contributed by atoms with Gasteiger partial charge in [0.15, 0.2) is 11.5 Å². The zero-order valence-electron chi connectivity index (χ0n) is 14.6. The molecule has 0 bridgehead atoms. The van der Waals surface area contributed by atoms with E-state index in [4.69, 9.17) is 14.2 Å². The molecule has 0 spiro atoms. The summed E-state index contributed by atoms with van der Waals surface area (Å²) in [4.78, 5) is 0. The van der Waals surface area contributed by atoms with Crippen molar-refractivity contribution in [2.45, 2.75) is 20.3 Å². The first kappa shape index (κ1) is 16.9. The SMILES string of the molecule is CCc1ccc2c(c1)OCO2.Cc1cccc(Oc2ccccc2)c1. The van der Waals surface area contributed by atoms with Crippen LogP contribution in [-0.4, -0.2) is 6.79 Å². The molecule has 0 aromatic heterocycles. The Balaban J connectivity index is 0.000000150. The normalized spacial score (nSPS) is 11.4. The van der Waals surface area contributed by atoms with Crippen molar-refractivity contribution in [3.8, 4) is 23.0 Å². The van der Waals surface area contributed by atoms with Crippen LogP contribution in [-0.2, 0) is 6.42 Å². The number of hydrogen-bond acceptors (Lipinski definition) is 3. The quantitative estimate of drug-likeness (QED) is 0.609. The largest absolute Gasteiger partial charge is 0.457 e. The van der Waals surface area contributed by atoms with E-state index in [0.717, 1.165) is 29.4 Å². The second kappa shape index (κ2) is 8.25. The minimum Gasteiger partial charge on any atom is -0.457 e. The van der Waals surface area contributed by atoms with Gasteiger partial charge in [-0.15, -0.1) is 0 Å². The monoisotopic (exact) mass is 334 g/mol. The van der Waals surface area contributed by atoms with Gasteiger partial charge >= 0.3 is 0 Å². The molecule has 128 valence electrons. The molecule has 3 aromatic carbocycles. The highest BCUT2D eigenvalue weighted by atomic mass is 16.7. The first-order valence-electron chi connectivity index (χ1n) is 8.42. The van der Waals surface area contributed by atoms with Gasteiger partial charge in [0.2, 0.25) is 6.79 Å². The summed E-state index contributed by atoms with van der Waals surface area (Å²) in [5, 5.41) is 0. The molecule has 0 saturated heterocycles. The van der Waals surface area contributed by atoms with Crippen LogP contribution in [0.25, 0.3) is 0 Å². The molecule has 0 amide bonds. The van der Waals surface area contributed by atoms with Gasteiger partial charge in [-0.1, -0.05) is 43.3 Å². The Labute approximate surface area is 148 Å². The molecule has 25 heavy (non-hydrogen) atoms. The van der Waals surface area contributed by atoms with E-state index in [1.807, 2.05) is 60.7 Å². The summed E-state index contributed by atoms with van der Waals surface area (Å²) in [6, 6.07) is 23.9. The third-order valence-corrected chi connectivity index (χ3v) is 3.81. The number of ether oxygens (including phenoxy) is 3. The van der Waals surface area contributed by atoms with Crippen molar-refractivity contribution in [3.05, 3.63) is 83.9 Å². The van der Waals surface area contributed by atoms with E-state index >= 15 is 0 Å². The smallest absolute Gasteiger partial charge is 0.231 e. The van der Waals surface area contributed by atoms with Crippen LogP contribution in [0.2, 0.25) is 0 Å². The maximum atomic E-state index is 5.66. The Morgan fingerprint density at radius 2 is 1.56 bits per heavy atom. The molecule has 1 aliphatic rings. The van der Waals surface area contributed by atoms with E-state index in [1.54, 1.807) is 0 Å². The van der Waals surface area contributed by atoms with Gasteiger partial charge in [-0.3, -0.25) is 0 Å². The van der Waals surface area contributed by atoms with E-state index in [1.165, 1.54) is 11.1 Å². The highest BCUT2D eigenvalue weighted by Gasteiger charge is 2.11. The summed E-state index contributed by atoms with van der Waals surface area (Å²) < 4.78 is 16.1. The van der Waals surface area contributed by atoms with Crippen LogP contribution in [0.4, 0.5) is 0 Å². The average molecular weight is 334 g/mol. The molecule has 3 heteroatoms. The summed E-state index contributed by atoms with van der Waals surface area (Å²) in [6.45, 7) is 4.54. The number of hydrogen-bond donors (Lipinski definition) is 0. The highest BCUT2D eigenvalue weighted by molar-refractivity contribution is 5.44. The van der Waals surface area contributed by atoms with Crippen molar-refractivity contribution in [1.82, 2.24) is 0 Å². The van der Waals surface area contributed by atoms with E-state index in [0.29, 0.717) is 6.79 Å². The molecule has 0 aliphatic carbocycles. The molecule has 0 fully saturated rings. The van der Waals surface area contributed by atoms with Crippen LogP contribution in [0.15, 0.2) is 72.8 Å². The Morgan fingerprint density at radius 1 is 0.800 bits per heavy atom. The minimum absolute atomic E-state index is 0.364. The van der Waals surface area contributed by atoms with E-state index in [2.05, 4.69) is 26.0 Å². The van der Waals surface area contributed by atoms with Crippen LogP contribution in [0.5, 0.6) is 23.0 Å². The van der Waals surface area contributed by atoms with Crippen molar-refractivity contribution >= 4 is 0 Å². The van der Waals surface area contributed by atoms with Gasteiger partial charge in [0, 0.05) is 0 Å². The molecule has 0 saturated carbocycles. The van der Waals surface area contributed by atoms with Crippen LogP contribution < -0.4 is 14.2 Å². The van der Waals surface area contributed by atoms with Gasteiger partial charge in [-0.25, -0.2) is 0 Å². The topological polar surface area (TPSA) is 27.7 Å². The number of fused-ring (bicyclic) bond motifs is 1. The number of aryl methyl sites for hydroxylation is 2. The third-order valence-electron chi connectivity index (χ3n) is 3.81. The fourth-order valence-corrected chi connectivity index (χ4v) is 2.46. The zero-order chi connectivity index (χ0) is 17.5. The molecule has 1 heterocycles. The lowest BCUT2D eigenvalue weighted by atomic mass is 10.1. The van der Waals surface area contributed by atoms with Crippen molar-refractivity contribution in [2.24, 2.45) is 0 Å². The lowest BCUT2D eigenvalue weighted by Crippen LogP contribution is -1.92. The van der Waals surface area contributed by atoms with Crippen LogP contribution in [0, 0.1) is 6.92 Å². The number of benzene rings is 3. The second-order valence-corrected chi connectivity index (χ2v) is 5.77.